The second kappa shape index (κ2) is 6.35. The minimum absolute atomic E-state index is 0.483. The predicted octanol–water partition coefficient (Wildman–Crippen LogP) is 3.54. The van der Waals surface area contributed by atoms with Crippen molar-refractivity contribution in [2.24, 2.45) is 0 Å². The van der Waals surface area contributed by atoms with Crippen molar-refractivity contribution in [1.82, 2.24) is 15.2 Å². The number of piperazine rings is 1. The summed E-state index contributed by atoms with van der Waals surface area (Å²) >= 11 is 3.61. The first-order chi connectivity index (χ1) is 9.79. The average molecular weight is 307 g/mol. The van der Waals surface area contributed by atoms with Crippen LogP contribution in [0.5, 0.6) is 0 Å². The first-order valence-corrected chi connectivity index (χ1v) is 9.00. The maximum absolute atomic E-state index is 4.93. The van der Waals surface area contributed by atoms with Crippen LogP contribution in [0.3, 0.4) is 0 Å². The van der Waals surface area contributed by atoms with Crippen LogP contribution < -0.4 is 5.32 Å². The quantitative estimate of drug-likeness (QED) is 0.936. The van der Waals surface area contributed by atoms with Crippen molar-refractivity contribution in [3.05, 3.63) is 27.4 Å². The van der Waals surface area contributed by atoms with Gasteiger partial charge in [0, 0.05) is 31.6 Å². The minimum atomic E-state index is 0.483. The third kappa shape index (κ3) is 2.81. The van der Waals surface area contributed by atoms with Gasteiger partial charge in [-0.2, -0.15) is 0 Å². The zero-order valence-corrected chi connectivity index (χ0v) is 13.7. The third-order valence-corrected chi connectivity index (χ3v) is 5.87. The molecule has 0 aromatic carbocycles. The Morgan fingerprint density at radius 2 is 2.15 bits per heavy atom. The van der Waals surface area contributed by atoms with Crippen LogP contribution in [0.1, 0.15) is 30.0 Å². The summed E-state index contributed by atoms with van der Waals surface area (Å²) in [6.07, 6.45) is 1.14. The first kappa shape index (κ1) is 14.2. The molecule has 20 heavy (non-hydrogen) atoms. The molecule has 1 aliphatic rings. The zero-order chi connectivity index (χ0) is 13.9. The molecule has 1 aliphatic heterocycles. The van der Waals surface area contributed by atoms with Gasteiger partial charge in [0.05, 0.1) is 16.6 Å². The lowest BCUT2D eigenvalue weighted by Crippen LogP contribution is -2.45. The molecule has 1 N–H and O–H groups in total. The molecule has 0 bridgehead atoms. The highest BCUT2D eigenvalue weighted by Gasteiger charge is 2.23. The summed E-state index contributed by atoms with van der Waals surface area (Å²) in [5, 5.41) is 9.07. The maximum atomic E-state index is 4.93. The van der Waals surface area contributed by atoms with E-state index in [9.17, 15) is 0 Å². The zero-order valence-electron chi connectivity index (χ0n) is 12.1. The van der Waals surface area contributed by atoms with Gasteiger partial charge in [-0.3, -0.25) is 4.90 Å². The predicted molar refractivity (Wildman–Crippen MR) is 87.6 cm³/mol. The maximum Gasteiger partial charge on any atom is 0.111 e. The molecule has 1 unspecified atom stereocenters. The number of aryl methyl sites for hydroxylation is 1. The summed E-state index contributed by atoms with van der Waals surface area (Å²) in [6, 6.07) is 2.66. The van der Waals surface area contributed by atoms with Crippen molar-refractivity contribution in [2.75, 3.05) is 26.2 Å². The van der Waals surface area contributed by atoms with Crippen molar-refractivity contribution in [1.29, 1.82) is 0 Å². The van der Waals surface area contributed by atoms with E-state index in [1.165, 1.54) is 15.4 Å². The van der Waals surface area contributed by atoms with E-state index in [1.807, 2.05) is 11.3 Å². The molecule has 2 aromatic heterocycles. The lowest BCUT2D eigenvalue weighted by molar-refractivity contribution is 0.169. The number of nitrogens with zero attached hydrogens (tertiary/aromatic N) is 2. The van der Waals surface area contributed by atoms with Crippen molar-refractivity contribution in [2.45, 2.75) is 26.3 Å². The van der Waals surface area contributed by atoms with Gasteiger partial charge in [-0.05, 0) is 30.4 Å². The van der Waals surface area contributed by atoms with Crippen LogP contribution >= 0.6 is 22.7 Å². The molecular formula is C15H21N3S2. The standard InChI is InChI=1S/C15H21N3S2/c1-3-13(18-7-5-16-6-8-18)15-17-12(10-20-15)14-11(2)4-9-19-14/h4,9-10,13,16H,3,5-8H2,1-2H3. The smallest absolute Gasteiger partial charge is 0.111 e. The van der Waals surface area contributed by atoms with Gasteiger partial charge in [0.15, 0.2) is 0 Å². The normalized spacial score (nSPS) is 18.3. The number of nitrogens with one attached hydrogen (secondary N) is 1. The fourth-order valence-corrected chi connectivity index (χ4v) is 4.75. The van der Waals surface area contributed by atoms with Gasteiger partial charge in [0.1, 0.15) is 5.01 Å². The van der Waals surface area contributed by atoms with Crippen LogP contribution in [0.4, 0.5) is 0 Å². The summed E-state index contributed by atoms with van der Waals surface area (Å²) in [6.45, 7) is 8.89. The van der Waals surface area contributed by atoms with E-state index in [4.69, 9.17) is 4.98 Å². The fraction of sp³-hybridized carbons (Fsp3) is 0.533. The molecule has 0 radical (unpaired) electrons. The SMILES string of the molecule is CCC(c1nc(-c2sccc2C)cs1)N1CCNCC1. The lowest BCUT2D eigenvalue weighted by Gasteiger charge is -2.33. The van der Waals surface area contributed by atoms with Gasteiger partial charge in [-0.25, -0.2) is 4.98 Å². The molecule has 0 amide bonds. The fourth-order valence-electron chi connectivity index (χ4n) is 2.76. The lowest BCUT2D eigenvalue weighted by atomic mass is 10.1. The number of thiazole rings is 1. The van der Waals surface area contributed by atoms with Crippen LogP contribution in [0.15, 0.2) is 16.8 Å². The molecule has 1 atom stereocenters. The summed E-state index contributed by atoms with van der Waals surface area (Å²) in [7, 11) is 0. The van der Waals surface area contributed by atoms with E-state index in [-0.39, 0.29) is 0 Å². The Bertz CT molecular complexity index is 555. The van der Waals surface area contributed by atoms with E-state index in [1.54, 1.807) is 11.3 Å². The van der Waals surface area contributed by atoms with Crippen LogP contribution in [0.25, 0.3) is 10.6 Å². The third-order valence-electron chi connectivity index (χ3n) is 3.88. The molecule has 0 aliphatic carbocycles. The van der Waals surface area contributed by atoms with E-state index >= 15 is 0 Å². The topological polar surface area (TPSA) is 28.2 Å². The Balaban J connectivity index is 1.82. The Morgan fingerprint density at radius 3 is 2.80 bits per heavy atom. The van der Waals surface area contributed by atoms with Crippen molar-refractivity contribution in [3.63, 3.8) is 0 Å². The largest absolute Gasteiger partial charge is 0.314 e. The Kier molecular flexibility index (Phi) is 4.51. The van der Waals surface area contributed by atoms with Crippen molar-refractivity contribution in [3.8, 4) is 10.6 Å². The molecule has 3 nitrogen and oxygen atoms in total. The highest BCUT2D eigenvalue weighted by molar-refractivity contribution is 7.14. The molecule has 3 rings (SSSR count). The second-order valence-electron chi connectivity index (χ2n) is 5.21. The summed E-state index contributed by atoms with van der Waals surface area (Å²) in [5.41, 5.74) is 2.49. The van der Waals surface area contributed by atoms with Gasteiger partial charge >= 0.3 is 0 Å². The molecule has 1 fully saturated rings. The second-order valence-corrected chi connectivity index (χ2v) is 7.02. The molecule has 0 spiro atoms. The molecule has 5 heteroatoms. The average Bonchev–Trinajstić information content (AvgIpc) is 3.10. The Hall–Kier alpha value is -0.750. The number of aromatic nitrogens is 1. The van der Waals surface area contributed by atoms with Gasteiger partial charge < -0.3 is 5.32 Å². The van der Waals surface area contributed by atoms with Gasteiger partial charge in [-0.15, -0.1) is 22.7 Å². The van der Waals surface area contributed by atoms with Gasteiger partial charge in [0.2, 0.25) is 0 Å². The molecule has 3 heterocycles. The Labute approximate surface area is 128 Å². The molecule has 108 valence electrons. The number of thiophene rings is 1. The molecule has 0 saturated carbocycles. The van der Waals surface area contributed by atoms with Crippen LogP contribution in [-0.4, -0.2) is 36.1 Å². The molecule has 1 saturated heterocycles. The number of hydrogen-bond acceptors (Lipinski definition) is 5. The van der Waals surface area contributed by atoms with E-state index < -0.39 is 0 Å². The van der Waals surface area contributed by atoms with Crippen molar-refractivity contribution >= 4 is 22.7 Å². The summed E-state index contributed by atoms with van der Waals surface area (Å²) < 4.78 is 0. The number of hydrogen-bond donors (Lipinski definition) is 1. The van der Waals surface area contributed by atoms with Gasteiger partial charge in [0.25, 0.3) is 0 Å². The van der Waals surface area contributed by atoms with Crippen LogP contribution in [-0.2, 0) is 0 Å². The minimum Gasteiger partial charge on any atom is -0.314 e. The van der Waals surface area contributed by atoms with E-state index in [0.717, 1.165) is 38.3 Å². The van der Waals surface area contributed by atoms with Gasteiger partial charge in [-0.1, -0.05) is 6.92 Å². The highest BCUT2D eigenvalue weighted by Crippen LogP contribution is 2.34. The molecular weight excluding hydrogens is 286 g/mol. The summed E-state index contributed by atoms with van der Waals surface area (Å²) in [5.74, 6) is 0. The highest BCUT2D eigenvalue weighted by atomic mass is 32.1. The van der Waals surface area contributed by atoms with E-state index in [2.05, 4.69) is 40.9 Å². The molecule has 2 aromatic rings. The van der Waals surface area contributed by atoms with E-state index in [0.29, 0.717) is 6.04 Å². The van der Waals surface area contributed by atoms with Crippen LogP contribution in [0, 0.1) is 6.92 Å². The monoisotopic (exact) mass is 307 g/mol. The number of rotatable bonds is 4. The summed E-state index contributed by atoms with van der Waals surface area (Å²) in [4.78, 5) is 8.82. The van der Waals surface area contributed by atoms with Crippen molar-refractivity contribution < 1.29 is 0 Å². The first-order valence-electron chi connectivity index (χ1n) is 7.24. The van der Waals surface area contributed by atoms with Crippen LogP contribution in [0.2, 0.25) is 0 Å². The Morgan fingerprint density at radius 1 is 1.35 bits per heavy atom.